The van der Waals surface area contributed by atoms with Gasteiger partial charge in [-0.05, 0) is 40.9 Å². The molecular formula is C14H14N2OS2. The average molecular weight is 290 g/mol. The summed E-state index contributed by atoms with van der Waals surface area (Å²) in [5.41, 5.74) is 9.16. The molecule has 1 aromatic carbocycles. The number of nitrogens with two attached hydrogens (primary N) is 1. The number of rotatable bonds is 4. The monoisotopic (exact) mass is 290 g/mol. The molecule has 0 bridgehead atoms. The Morgan fingerprint density at radius 1 is 1.37 bits per heavy atom. The molecule has 0 aliphatic rings. The van der Waals surface area contributed by atoms with Crippen molar-refractivity contribution in [1.82, 2.24) is 5.32 Å². The molecule has 1 amide bonds. The van der Waals surface area contributed by atoms with E-state index in [0.717, 1.165) is 5.56 Å². The molecule has 3 N–H and O–H groups in total. The van der Waals surface area contributed by atoms with Crippen LogP contribution in [0.25, 0.3) is 0 Å². The Bertz CT molecular complexity index is 619. The third kappa shape index (κ3) is 3.39. The van der Waals surface area contributed by atoms with Crippen LogP contribution in [0.3, 0.4) is 0 Å². The van der Waals surface area contributed by atoms with Crippen LogP contribution in [0.4, 0.5) is 0 Å². The number of carbonyl (C=O) groups excluding carboxylic acids is 1. The van der Waals surface area contributed by atoms with Crippen molar-refractivity contribution in [2.24, 2.45) is 5.73 Å². The maximum absolute atomic E-state index is 12.0. The molecule has 0 saturated carbocycles. The van der Waals surface area contributed by atoms with E-state index in [4.69, 9.17) is 18.0 Å². The van der Waals surface area contributed by atoms with Crippen LogP contribution in [-0.2, 0) is 6.54 Å². The second-order valence-electron chi connectivity index (χ2n) is 4.21. The molecule has 0 aliphatic carbocycles. The van der Waals surface area contributed by atoms with Crippen molar-refractivity contribution in [1.29, 1.82) is 0 Å². The van der Waals surface area contributed by atoms with Crippen LogP contribution in [0, 0.1) is 6.92 Å². The van der Waals surface area contributed by atoms with Crippen LogP contribution < -0.4 is 11.1 Å². The van der Waals surface area contributed by atoms with Crippen molar-refractivity contribution >= 4 is 34.5 Å². The number of thiophene rings is 1. The van der Waals surface area contributed by atoms with Crippen LogP contribution in [0.2, 0.25) is 0 Å². The predicted molar refractivity (Wildman–Crippen MR) is 82.6 cm³/mol. The number of benzene rings is 1. The van der Waals surface area contributed by atoms with Gasteiger partial charge in [-0.2, -0.15) is 11.3 Å². The van der Waals surface area contributed by atoms with E-state index < -0.39 is 0 Å². The standard InChI is InChI=1S/C14H14N2OS2/c1-9-7-19-8-12(9)6-16-14(17)11-4-2-3-10(5-11)13(15)18/h2-5,7-8H,6H2,1H3,(H2,15,18)(H,16,17). The number of nitrogens with one attached hydrogen (secondary N) is 1. The second-order valence-corrected chi connectivity index (χ2v) is 5.39. The molecule has 2 rings (SSSR count). The molecule has 0 spiro atoms. The molecule has 0 aliphatic heterocycles. The molecule has 0 unspecified atom stereocenters. The Hall–Kier alpha value is -1.72. The summed E-state index contributed by atoms with van der Waals surface area (Å²) in [5, 5.41) is 7.00. The number of carbonyl (C=O) groups is 1. The first-order valence-corrected chi connectivity index (χ1v) is 7.13. The molecule has 1 heterocycles. The van der Waals surface area contributed by atoms with E-state index in [0.29, 0.717) is 22.7 Å². The molecule has 2 aromatic rings. The number of aryl methyl sites for hydroxylation is 1. The summed E-state index contributed by atoms with van der Waals surface area (Å²) >= 11 is 6.54. The van der Waals surface area contributed by atoms with Crippen molar-refractivity contribution in [2.45, 2.75) is 13.5 Å². The summed E-state index contributed by atoms with van der Waals surface area (Å²) in [4.78, 5) is 12.3. The average Bonchev–Trinajstić information content (AvgIpc) is 2.81. The van der Waals surface area contributed by atoms with Crippen LogP contribution >= 0.6 is 23.6 Å². The van der Waals surface area contributed by atoms with Crippen molar-refractivity contribution in [3.63, 3.8) is 0 Å². The molecule has 98 valence electrons. The minimum absolute atomic E-state index is 0.122. The van der Waals surface area contributed by atoms with Gasteiger partial charge in [0.2, 0.25) is 0 Å². The van der Waals surface area contributed by atoms with Gasteiger partial charge in [-0.15, -0.1) is 0 Å². The van der Waals surface area contributed by atoms with Gasteiger partial charge in [0, 0.05) is 17.7 Å². The smallest absolute Gasteiger partial charge is 0.251 e. The fourth-order valence-electron chi connectivity index (χ4n) is 1.66. The normalized spacial score (nSPS) is 10.2. The Balaban J connectivity index is 2.06. The van der Waals surface area contributed by atoms with Gasteiger partial charge in [-0.1, -0.05) is 24.4 Å². The Morgan fingerprint density at radius 2 is 2.11 bits per heavy atom. The maximum Gasteiger partial charge on any atom is 0.251 e. The summed E-state index contributed by atoms with van der Waals surface area (Å²) < 4.78 is 0. The lowest BCUT2D eigenvalue weighted by Gasteiger charge is -2.06. The number of thiocarbonyl (C=S) groups is 1. The van der Waals surface area contributed by atoms with Crippen molar-refractivity contribution in [3.05, 3.63) is 57.3 Å². The quantitative estimate of drug-likeness (QED) is 0.851. The van der Waals surface area contributed by atoms with Crippen LogP contribution in [0.15, 0.2) is 35.0 Å². The Morgan fingerprint density at radius 3 is 2.74 bits per heavy atom. The van der Waals surface area contributed by atoms with E-state index in [9.17, 15) is 4.79 Å². The summed E-state index contributed by atoms with van der Waals surface area (Å²) in [7, 11) is 0. The number of amides is 1. The van der Waals surface area contributed by atoms with Gasteiger partial charge in [0.1, 0.15) is 4.99 Å². The SMILES string of the molecule is Cc1cscc1CNC(=O)c1cccc(C(N)=S)c1. The molecule has 0 atom stereocenters. The lowest BCUT2D eigenvalue weighted by Crippen LogP contribution is -2.23. The van der Waals surface area contributed by atoms with E-state index in [2.05, 4.69) is 10.7 Å². The molecule has 1 aromatic heterocycles. The van der Waals surface area contributed by atoms with E-state index in [1.54, 1.807) is 35.6 Å². The largest absolute Gasteiger partial charge is 0.389 e. The highest BCUT2D eigenvalue weighted by Crippen LogP contribution is 2.13. The van der Waals surface area contributed by atoms with E-state index in [1.165, 1.54) is 5.56 Å². The van der Waals surface area contributed by atoms with E-state index in [-0.39, 0.29) is 5.91 Å². The molecular weight excluding hydrogens is 276 g/mol. The highest BCUT2D eigenvalue weighted by atomic mass is 32.1. The van der Waals surface area contributed by atoms with Gasteiger partial charge in [0.25, 0.3) is 5.91 Å². The first-order chi connectivity index (χ1) is 9.08. The van der Waals surface area contributed by atoms with Crippen LogP contribution in [-0.4, -0.2) is 10.9 Å². The molecule has 3 nitrogen and oxygen atoms in total. The van der Waals surface area contributed by atoms with Crippen molar-refractivity contribution in [3.8, 4) is 0 Å². The van der Waals surface area contributed by atoms with Gasteiger partial charge in [0.05, 0.1) is 0 Å². The van der Waals surface area contributed by atoms with Gasteiger partial charge in [-0.3, -0.25) is 4.79 Å². The first kappa shape index (κ1) is 13.7. The zero-order valence-corrected chi connectivity index (χ0v) is 12.1. The summed E-state index contributed by atoms with van der Waals surface area (Å²) in [5.74, 6) is -0.122. The maximum atomic E-state index is 12.0. The topological polar surface area (TPSA) is 55.1 Å². The fraction of sp³-hybridized carbons (Fsp3) is 0.143. The lowest BCUT2D eigenvalue weighted by atomic mass is 10.1. The number of hydrogen-bond acceptors (Lipinski definition) is 3. The van der Waals surface area contributed by atoms with Gasteiger partial charge in [-0.25, -0.2) is 0 Å². The Kier molecular flexibility index (Phi) is 4.29. The number of hydrogen-bond donors (Lipinski definition) is 2. The molecule has 0 radical (unpaired) electrons. The van der Waals surface area contributed by atoms with Crippen molar-refractivity contribution in [2.75, 3.05) is 0 Å². The second kappa shape index (κ2) is 5.95. The Labute approximate surface area is 121 Å². The van der Waals surface area contributed by atoms with Gasteiger partial charge in [0.15, 0.2) is 0 Å². The summed E-state index contributed by atoms with van der Waals surface area (Å²) in [6.07, 6.45) is 0. The van der Waals surface area contributed by atoms with Crippen LogP contribution in [0.5, 0.6) is 0 Å². The summed E-state index contributed by atoms with van der Waals surface area (Å²) in [6, 6.07) is 7.02. The molecule has 5 heteroatoms. The highest BCUT2D eigenvalue weighted by Gasteiger charge is 2.08. The van der Waals surface area contributed by atoms with E-state index >= 15 is 0 Å². The zero-order chi connectivity index (χ0) is 13.8. The lowest BCUT2D eigenvalue weighted by molar-refractivity contribution is 0.0951. The third-order valence-corrected chi connectivity index (χ3v) is 3.96. The molecule has 0 fully saturated rings. The third-order valence-electron chi connectivity index (χ3n) is 2.81. The van der Waals surface area contributed by atoms with Gasteiger partial charge < -0.3 is 11.1 Å². The van der Waals surface area contributed by atoms with Gasteiger partial charge >= 0.3 is 0 Å². The molecule has 19 heavy (non-hydrogen) atoms. The van der Waals surface area contributed by atoms with E-state index in [1.807, 2.05) is 12.3 Å². The molecule has 0 saturated heterocycles. The van der Waals surface area contributed by atoms with Crippen LogP contribution in [0.1, 0.15) is 27.0 Å². The first-order valence-electron chi connectivity index (χ1n) is 5.77. The highest BCUT2D eigenvalue weighted by molar-refractivity contribution is 7.80. The van der Waals surface area contributed by atoms with Crippen molar-refractivity contribution < 1.29 is 4.79 Å². The fourth-order valence-corrected chi connectivity index (χ4v) is 2.64. The summed E-state index contributed by atoms with van der Waals surface area (Å²) in [6.45, 7) is 2.57. The minimum Gasteiger partial charge on any atom is -0.389 e. The zero-order valence-electron chi connectivity index (χ0n) is 10.5. The predicted octanol–water partition coefficient (Wildman–Crippen LogP) is 2.62. The minimum atomic E-state index is -0.122.